The van der Waals surface area contributed by atoms with Crippen molar-refractivity contribution in [2.75, 3.05) is 11.9 Å². The molecule has 0 spiro atoms. The Labute approximate surface area is 156 Å². The Kier molecular flexibility index (Phi) is 4.52. The number of aromatic nitrogens is 2. The van der Waals surface area contributed by atoms with Gasteiger partial charge in [0.25, 0.3) is 0 Å². The molecule has 2 heterocycles. The van der Waals surface area contributed by atoms with Gasteiger partial charge in [-0.15, -0.1) is 13.2 Å². The van der Waals surface area contributed by atoms with Crippen LogP contribution in [0.5, 0.6) is 5.75 Å². The van der Waals surface area contributed by atoms with Crippen molar-refractivity contribution in [2.45, 2.75) is 12.5 Å². The van der Waals surface area contributed by atoms with Crippen LogP contribution in [0.1, 0.15) is 11.7 Å². The maximum atomic E-state index is 12.2. The summed E-state index contributed by atoms with van der Waals surface area (Å²) in [6.07, 6.45) is -4.34. The maximum absolute atomic E-state index is 12.2. The number of fused-ring (bicyclic) bond motifs is 3. The molecule has 0 saturated heterocycles. The number of furan rings is 1. The highest BCUT2D eigenvalue weighted by atomic mass is 19.4. The normalized spacial score (nSPS) is 13.0. The number of rotatable bonds is 5. The molecular weight excluding hydrogens is 375 g/mol. The summed E-state index contributed by atoms with van der Waals surface area (Å²) in [5.74, 6) is 0.0634. The summed E-state index contributed by atoms with van der Waals surface area (Å²) in [6, 6.07) is 12.5. The van der Waals surface area contributed by atoms with Crippen molar-refractivity contribution in [3.63, 3.8) is 0 Å². The summed E-state index contributed by atoms with van der Waals surface area (Å²) in [7, 11) is 0. The molecule has 0 aliphatic heterocycles. The molecule has 2 aromatic carbocycles. The van der Waals surface area contributed by atoms with E-state index in [0.29, 0.717) is 28.1 Å². The first-order chi connectivity index (χ1) is 13.4. The fourth-order valence-electron chi connectivity index (χ4n) is 2.85. The van der Waals surface area contributed by atoms with E-state index in [2.05, 4.69) is 20.0 Å². The molecule has 9 heteroatoms. The summed E-state index contributed by atoms with van der Waals surface area (Å²) >= 11 is 0. The van der Waals surface area contributed by atoms with E-state index >= 15 is 0 Å². The Hall–Kier alpha value is -3.33. The molecule has 1 atom stereocenters. The smallest absolute Gasteiger partial charge is 0.450 e. The number of nitrogens with zero attached hydrogens (tertiary/aromatic N) is 2. The SMILES string of the molecule is OC(CNc1ncnc2c1oc1ccccc12)c1ccc(OC(F)(F)F)cc1. The number of nitrogens with one attached hydrogen (secondary N) is 1. The van der Waals surface area contributed by atoms with Crippen LogP contribution in [0.3, 0.4) is 0 Å². The lowest BCUT2D eigenvalue weighted by molar-refractivity contribution is -0.274. The van der Waals surface area contributed by atoms with E-state index in [-0.39, 0.29) is 12.3 Å². The van der Waals surface area contributed by atoms with Crippen LogP contribution in [0.4, 0.5) is 19.0 Å². The van der Waals surface area contributed by atoms with Gasteiger partial charge in [0.2, 0.25) is 0 Å². The van der Waals surface area contributed by atoms with Crippen molar-refractivity contribution in [1.82, 2.24) is 9.97 Å². The van der Waals surface area contributed by atoms with Crippen molar-refractivity contribution >= 4 is 27.9 Å². The van der Waals surface area contributed by atoms with E-state index in [9.17, 15) is 18.3 Å². The summed E-state index contributed by atoms with van der Waals surface area (Å²) < 4.78 is 46.2. The van der Waals surface area contributed by atoms with E-state index in [4.69, 9.17) is 4.42 Å². The summed E-state index contributed by atoms with van der Waals surface area (Å²) in [5, 5.41) is 14.2. The Morgan fingerprint density at radius 1 is 1.07 bits per heavy atom. The average molecular weight is 389 g/mol. The lowest BCUT2D eigenvalue weighted by Crippen LogP contribution is -2.17. The molecule has 0 radical (unpaired) electrons. The van der Waals surface area contributed by atoms with E-state index in [1.165, 1.54) is 18.5 Å². The van der Waals surface area contributed by atoms with Crippen LogP contribution in [-0.4, -0.2) is 28.0 Å². The first-order valence-electron chi connectivity index (χ1n) is 8.30. The second kappa shape index (κ2) is 7.01. The molecule has 6 nitrogen and oxygen atoms in total. The number of para-hydroxylation sites is 1. The summed E-state index contributed by atoms with van der Waals surface area (Å²) in [6.45, 7) is 0.0721. The second-order valence-electron chi connectivity index (χ2n) is 6.01. The van der Waals surface area contributed by atoms with E-state index < -0.39 is 12.5 Å². The van der Waals surface area contributed by atoms with Crippen LogP contribution in [0, 0.1) is 0 Å². The van der Waals surface area contributed by atoms with Gasteiger partial charge in [-0.25, -0.2) is 9.97 Å². The minimum absolute atomic E-state index is 0.0721. The van der Waals surface area contributed by atoms with Gasteiger partial charge in [-0.1, -0.05) is 24.3 Å². The first-order valence-corrected chi connectivity index (χ1v) is 8.30. The minimum atomic E-state index is -4.76. The largest absolute Gasteiger partial charge is 0.573 e. The molecule has 144 valence electrons. The van der Waals surface area contributed by atoms with Crippen LogP contribution < -0.4 is 10.1 Å². The highest BCUT2D eigenvalue weighted by Gasteiger charge is 2.31. The Bertz CT molecular complexity index is 1110. The molecule has 1 unspecified atom stereocenters. The third kappa shape index (κ3) is 3.70. The van der Waals surface area contributed by atoms with Gasteiger partial charge in [-0.3, -0.25) is 0 Å². The quantitative estimate of drug-likeness (QED) is 0.526. The van der Waals surface area contributed by atoms with Gasteiger partial charge in [0.15, 0.2) is 11.4 Å². The van der Waals surface area contributed by atoms with E-state index in [1.807, 2.05) is 24.3 Å². The van der Waals surface area contributed by atoms with Crippen molar-refractivity contribution in [1.29, 1.82) is 0 Å². The number of halogens is 3. The van der Waals surface area contributed by atoms with Crippen LogP contribution in [0.15, 0.2) is 59.3 Å². The van der Waals surface area contributed by atoms with Gasteiger partial charge in [0.1, 0.15) is 23.2 Å². The molecule has 0 amide bonds. The van der Waals surface area contributed by atoms with Crippen molar-refractivity contribution in [3.05, 3.63) is 60.4 Å². The molecule has 0 bridgehead atoms. The summed E-state index contributed by atoms with van der Waals surface area (Å²) in [5.41, 5.74) is 2.21. The van der Waals surface area contributed by atoms with Crippen LogP contribution in [-0.2, 0) is 0 Å². The predicted octanol–water partition coefficient (Wildman–Crippen LogP) is 4.42. The van der Waals surface area contributed by atoms with Gasteiger partial charge >= 0.3 is 6.36 Å². The highest BCUT2D eigenvalue weighted by molar-refractivity contribution is 6.05. The first kappa shape index (κ1) is 18.1. The molecule has 4 aromatic rings. The molecule has 4 rings (SSSR count). The number of anilines is 1. The molecule has 2 aromatic heterocycles. The summed E-state index contributed by atoms with van der Waals surface area (Å²) in [4.78, 5) is 8.39. The van der Waals surface area contributed by atoms with Gasteiger partial charge in [-0.05, 0) is 29.8 Å². The standard InChI is InChI=1S/C19H14F3N3O3/c20-19(21,22)28-12-7-5-11(6-8-12)14(26)9-23-18-17-16(24-10-25-18)13-3-1-2-4-15(13)27-17/h1-8,10,14,26H,9H2,(H,23,24,25). The van der Waals surface area contributed by atoms with Gasteiger partial charge in [-0.2, -0.15) is 0 Å². The Morgan fingerprint density at radius 3 is 2.57 bits per heavy atom. The topological polar surface area (TPSA) is 80.4 Å². The number of benzene rings is 2. The third-order valence-corrected chi connectivity index (χ3v) is 4.12. The zero-order valence-corrected chi connectivity index (χ0v) is 14.3. The minimum Gasteiger partial charge on any atom is -0.450 e. The lowest BCUT2D eigenvalue weighted by atomic mass is 10.1. The number of alkyl halides is 3. The van der Waals surface area contributed by atoms with Crippen molar-refractivity contribution < 1.29 is 27.4 Å². The molecule has 28 heavy (non-hydrogen) atoms. The second-order valence-corrected chi connectivity index (χ2v) is 6.01. The molecular formula is C19H14F3N3O3. The number of ether oxygens (including phenoxy) is 1. The Morgan fingerprint density at radius 2 is 1.82 bits per heavy atom. The zero-order valence-electron chi connectivity index (χ0n) is 14.3. The van der Waals surface area contributed by atoms with Crippen molar-refractivity contribution in [2.24, 2.45) is 0 Å². The lowest BCUT2D eigenvalue weighted by Gasteiger charge is -2.14. The molecule has 2 N–H and O–H groups in total. The fourth-order valence-corrected chi connectivity index (χ4v) is 2.85. The number of aliphatic hydroxyl groups is 1. The Balaban J connectivity index is 1.50. The highest BCUT2D eigenvalue weighted by Crippen LogP contribution is 2.30. The third-order valence-electron chi connectivity index (χ3n) is 4.12. The molecule has 0 saturated carbocycles. The molecule has 0 aliphatic rings. The molecule has 0 fully saturated rings. The van der Waals surface area contributed by atoms with Crippen LogP contribution >= 0.6 is 0 Å². The number of hydrogen-bond donors (Lipinski definition) is 2. The number of hydrogen-bond acceptors (Lipinski definition) is 6. The van der Waals surface area contributed by atoms with Crippen molar-refractivity contribution in [3.8, 4) is 5.75 Å². The van der Waals surface area contributed by atoms with E-state index in [1.54, 1.807) is 0 Å². The molecule has 0 aliphatic carbocycles. The van der Waals surface area contributed by atoms with Gasteiger partial charge in [0.05, 0.1) is 6.10 Å². The monoisotopic (exact) mass is 389 g/mol. The number of aliphatic hydroxyl groups excluding tert-OH is 1. The van der Waals surface area contributed by atoms with Gasteiger partial charge < -0.3 is 19.6 Å². The predicted molar refractivity (Wildman–Crippen MR) is 95.9 cm³/mol. The van der Waals surface area contributed by atoms with Crippen LogP contribution in [0.2, 0.25) is 0 Å². The average Bonchev–Trinajstić information content (AvgIpc) is 3.05. The van der Waals surface area contributed by atoms with Crippen LogP contribution in [0.25, 0.3) is 22.1 Å². The zero-order chi connectivity index (χ0) is 19.7. The fraction of sp³-hybridized carbons (Fsp3) is 0.158. The maximum Gasteiger partial charge on any atom is 0.573 e. The van der Waals surface area contributed by atoms with E-state index in [0.717, 1.165) is 17.5 Å². The van der Waals surface area contributed by atoms with Gasteiger partial charge in [0, 0.05) is 11.9 Å².